The number of rotatable bonds is 9. The van der Waals surface area contributed by atoms with E-state index in [1.807, 2.05) is 31.2 Å². The molecule has 9 nitrogen and oxygen atoms in total. The number of amides is 3. The molecule has 30 heavy (non-hydrogen) atoms. The van der Waals surface area contributed by atoms with E-state index in [2.05, 4.69) is 21.2 Å². The smallest absolute Gasteiger partial charge is 0.329 e. The molecule has 0 aliphatic rings. The summed E-state index contributed by atoms with van der Waals surface area (Å²) in [5, 5.41) is 8.93. The van der Waals surface area contributed by atoms with Crippen molar-refractivity contribution in [3.05, 3.63) is 59.7 Å². The van der Waals surface area contributed by atoms with Crippen LogP contribution in [0, 0.1) is 6.92 Å². The van der Waals surface area contributed by atoms with Crippen LogP contribution in [0.15, 0.2) is 53.6 Å². The molecule has 0 bridgehead atoms. The number of benzene rings is 2. The van der Waals surface area contributed by atoms with Crippen molar-refractivity contribution in [2.45, 2.75) is 6.92 Å². The zero-order valence-electron chi connectivity index (χ0n) is 16.8. The number of ether oxygens (including phenoxy) is 2. The highest BCUT2D eigenvalue weighted by atomic mass is 16.5. The molecule has 0 radical (unpaired) electrons. The highest BCUT2D eigenvalue weighted by Gasteiger charge is 2.11. The van der Waals surface area contributed by atoms with Crippen molar-refractivity contribution >= 4 is 29.6 Å². The highest BCUT2D eigenvalue weighted by Crippen LogP contribution is 2.16. The van der Waals surface area contributed by atoms with Crippen LogP contribution in [-0.4, -0.2) is 50.8 Å². The van der Waals surface area contributed by atoms with Crippen LogP contribution in [0.2, 0.25) is 0 Å². The number of hydrogen-bond acceptors (Lipinski definition) is 6. The monoisotopic (exact) mass is 412 g/mol. The van der Waals surface area contributed by atoms with Gasteiger partial charge in [0.1, 0.15) is 5.75 Å². The van der Waals surface area contributed by atoms with E-state index >= 15 is 0 Å². The third kappa shape index (κ3) is 7.36. The normalized spacial score (nSPS) is 10.5. The van der Waals surface area contributed by atoms with Gasteiger partial charge in [-0.3, -0.25) is 14.4 Å². The van der Waals surface area contributed by atoms with Crippen molar-refractivity contribution in [1.82, 2.24) is 10.7 Å². The molecular formula is C21H24N4O5. The third-order valence-corrected chi connectivity index (χ3v) is 3.86. The topological polar surface area (TPSA) is 118 Å². The molecule has 158 valence electrons. The number of hydrazone groups is 1. The molecule has 3 amide bonds. The molecule has 0 fully saturated rings. The van der Waals surface area contributed by atoms with Crippen LogP contribution in [0.1, 0.15) is 11.1 Å². The Labute approximate surface area is 174 Å². The fraction of sp³-hybridized carbons (Fsp3) is 0.238. The number of aryl methyl sites for hydroxylation is 1. The Bertz CT molecular complexity index is 914. The molecule has 2 aromatic carbocycles. The Hall–Kier alpha value is -3.72. The van der Waals surface area contributed by atoms with Gasteiger partial charge in [-0.25, -0.2) is 5.43 Å². The molecule has 9 heteroatoms. The van der Waals surface area contributed by atoms with Crippen LogP contribution in [-0.2, 0) is 19.1 Å². The summed E-state index contributed by atoms with van der Waals surface area (Å²) in [6, 6.07) is 14.3. The number of para-hydroxylation sites is 2. The number of anilines is 1. The molecular weight excluding hydrogens is 388 g/mol. The molecule has 0 heterocycles. The molecule has 2 rings (SSSR count). The second-order valence-corrected chi connectivity index (χ2v) is 6.14. The molecule has 2 aromatic rings. The lowest BCUT2D eigenvalue weighted by Crippen LogP contribution is -2.39. The molecule has 0 unspecified atom stereocenters. The van der Waals surface area contributed by atoms with Gasteiger partial charge in [0.05, 0.1) is 12.8 Å². The van der Waals surface area contributed by atoms with Gasteiger partial charge in [0.2, 0.25) is 0 Å². The zero-order valence-corrected chi connectivity index (χ0v) is 16.8. The van der Waals surface area contributed by atoms with Crippen molar-refractivity contribution in [2.24, 2.45) is 5.10 Å². The molecule has 0 saturated heterocycles. The predicted molar refractivity (Wildman–Crippen MR) is 112 cm³/mol. The van der Waals surface area contributed by atoms with Gasteiger partial charge in [-0.15, -0.1) is 0 Å². The Morgan fingerprint density at radius 2 is 1.77 bits per heavy atom. The van der Waals surface area contributed by atoms with E-state index in [4.69, 9.17) is 9.47 Å². The number of methoxy groups -OCH3 is 1. The van der Waals surface area contributed by atoms with E-state index in [1.165, 1.54) is 13.3 Å². The first-order valence-corrected chi connectivity index (χ1v) is 9.18. The van der Waals surface area contributed by atoms with Gasteiger partial charge in [-0.1, -0.05) is 30.3 Å². The van der Waals surface area contributed by atoms with Gasteiger partial charge in [0.25, 0.3) is 5.91 Å². The second-order valence-electron chi connectivity index (χ2n) is 6.14. The highest BCUT2D eigenvalue weighted by molar-refractivity contribution is 6.35. The first-order valence-electron chi connectivity index (χ1n) is 9.18. The maximum atomic E-state index is 12.2. The molecule has 0 saturated carbocycles. The summed E-state index contributed by atoms with van der Waals surface area (Å²) in [5.41, 5.74) is 4.32. The van der Waals surface area contributed by atoms with Crippen molar-refractivity contribution in [3.63, 3.8) is 0 Å². The second kappa shape index (κ2) is 12.0. The minimum absolute atomic E-state index is 0.201. The summed E-state index contributed by atoms with van der Waals surface area (Å²) in [6.07, 6.45) is 1.33. The van der Waals surface area contributed by atoms with Crippen LogP contribution in [0.5, 0.6) is 5.75 Å². The van der Waals surface area contributed by atoms with E-state index in [0.717, 1.165) is 5.56 Å². The van der Waals surface area contributed by atoms with E-state index in [-0.39, 0.29) is 19.1 Å². The van der Waals surface area contributed by atoms with Gasteiger partial charge in [0.15, 0.2) is 6.61 Å². The minimum atomic E-state index is -0.904. The lowest BCUT2D eigenvalue weighted by atomic mass is 10.2. The zero-order chi connectivity index (χ0) is 21.8. The molecule has 0 spiro atoms. The molecule has 0 aliphatic heterocycles. The Morgan fingerprint density at radius 3 is 2.53 bits per heavy atom. The number of carbonyl (C=O) groups is 3. The first kappa shape index (κ1) is 22.6. The van der Waals surface area contributed by atoms with E-state index in [0.29, 0.717) is 23.6 Å². The summed E-state index contributed by atoms with van der Waals surface area (Å²) >= 11 is 0. The number of nitrogens with zero attached hydrogens (tertiary/aromatic N) is 1. The minimum Gasteiger partial charge on any atom is -0.483 e. The van der Waals surface area contributed by atoms with Crippen molar-refractivity contribution < 1.29 is 23.9 Å². The van der Waals surface area contributed by atoms with E-state index in [1.54, 1.807) is 24.3 Å². The average Bonchev–Trinajstić information content (AvgIpc) is 2.74. The van der Waals surface area contributed by atoms with E-state index in [9.17, 15) is 14.4 Å². The Balaban J connectivity index is 1.88. The molecule has 3 N–H and O–H groups in total. The summed E-state index contributed by atoms with van der Waals surface area (Å²) in [7, 11) is 1.49. The van der Waals surface area contributed by atoms with Crippen LogP contribution in [0.25, 0.3) is 0 Å². The third-order valence-electron chi connectivity index (χ3n) is 3.86. The maximum Gasteiger partial charge on any atom is 0.329 e. The predicted octanol–water partition coefficient (Wildman–Crippen LogP) is 1.23. The lowest BCUT2D eigenvalue weighted by Gasteiger charge is -2.11. The lowest BCUT2D eigenvalue weighted by molar-refractivity contribution is -0.139. The van der Waals surface area contributed by atoms with Crippen molar-refractivity contribution in [3.8, 4) is 5.75 Å². The van der Waals surface area contributed by atoms with Crippen LogP contribution in [0.3, 0.4) is 0 Å². The molecule has 0 aromatic heterocycles. The number of hydrogen-bond donors (Lipinski definition) is 3. The molecule has 0 atom stereocenters. The molecule has 0 aliphatic carbocycles. The fourth-order valence-electron chi connectivity index (χ4n) is 2.32. The first-order chi connectivity index (χ1) is 14.5. The quantitative estimate of drug-likeness (QED) is 0.248. The average molecular weight is 412 g/mol. The SMILES string of the molecule is COCCNC(=O)C(=O)N/N=C\c1ccccc1OCC(=O)Nc1ccccc1C. The number of nitrogens with one attached hydrogen (secondary N) is 3. The van der Waals surface area contributed by atoms with Gasteiger partial charge < -0.3 is 20.1 Å². The summed E-state index contributed by atoms with van der Waals surface area (Å²) in [4.78, 5) is 35.4. The van der Waals surface area contributed by atoms with Crippen molar-refractivity contribution in [1.29, 1.82) is 0 Å². The number of carbonyl (C=O) groups excluding carboxylic acids is 3. The van der Waals surface area contributed by atoms with Gasteiger partial charge in [-0.2, -0.15) is 5.10 Å². The van der Waals surface area contributed by atoms with Crippen LogP contribution >= 0.6 is 0 Å². The summed E-state index contributed by atoms with van der Waals surface area (Å²) < 4.78 is 10.4. The fourth-order valence-corrected chi connectivity index (χ4v) is 2.32. The Morgan fingerprint density at radius 1 is 1.03 bits per heavy atom. The Kier molecular flexibility index (Phi) is 9.01. The standard InChI is InChI=1S/C21H24N4O5/c1-15-7-3-5-9-17(15)24-19(26)14-30-18-10-6-4-8-16(18)13-23-25-21(28)20(27)22-11-12-29-2/h3-10,13H,11-12,14H2,1-2H3,(H,22,27)(H,24,26)(H,25,28)/b23-13-. The van der Waals surface area contributed by atoms with Crippen LogP contribution < -0.4 is 20.8 Å². The largest absolute Gasteiger partial charge is 0.483 e. The van der Waals surface area contributed by atoms with Crippen LogP contribution in [0.4, 0.5) is 5.69 Å². The van der Waals surface area contributed by atoms with Crippen molar-refractivity contribution in [2.75, 3.05) is 32.2 Å². The summed E-state index contributed by atoms with van der Waals surface area (Å²) in [6.45, 7) is 2.21. The van der Waals surface area contributed by atoms with Gasteiger partial charge in [-0.05, 0) is 30.7 Å². The van der Waals surface area contributed by atoms with Gasteiger partial charge in [0, 0.05) is 24.9 Å². The van der Waals surface area contributed by atoms with E-state index < -0.39 is 11.8 Å². The summed E-state index contributed by atoms with van der Waals surface area (Å²) in [5.74, 6) is -1.63. The van der Waals surface area contributed by atoms with Gasteiger partial charge >= 0.3 is 11.8 Å². The maximum absolute atomic E-state index is 12.2.